The Morgan fingerprint density at radius 1 is 1.26 bits per heavy atom. The van der Waals surface area contributed by atoms with Crippen molar-refractivity contribution in [2.45, 2.75) is 51.9 Å². The lowest BCUT2D eigenvalue weighted by Gasteiger charge is -2.53. The number of carbonyl (C=O) groups excluding carboxylic acids is 1. The number of benzene rings is 1. The first kappa shape index (κ1) is 19.7. The topological polar surface area (TPSA) is 51.2 Å². The smallest absolute Gasteiger partial charge is 0.235 e. The third kappa shape index (κ3) is 3.68. The summed E-state index contributed by atoms with van der Waals surface area (Å²) in [4.78, 5) is 17.6. The number of carbonyl (C=O) groups is 1. The monoisotopic (exact) mass is 386 g/mol. The maximum Gasteiger partial charge on any atom is 0.235 e. The van der Waals surface area contributed by atoms with Crippen LogP contribution >= 0.6 is 11.6 Å². The van der Waals surface area contributed by atoms with Gasteiger partial charge in [0.1, 0.15) is 16.6 Å². The lowest BCUT2D eigenvalue weighted by atomic mass is 9.50. The Hall–Kier alpha value is -2.07. The Labute approximate surface area is 166 Å². The van der Waals surface area contributed by atoms with Gasteiger partial charge >= 0.3 is 0 Å². The van der Waals surface area contributed by atoms with Gasteiger partial charge in [0.05, 0.1) is 18.7 Å². The summed E-state index contributed by atoms with van der Waals surface area (Å²) < 4.78 is 5.36. The van der Waals surface area contributed by atoms with Crippen molar-refractivity contribution >= 4 is 23.2 Å². The highest BCUT2D eigenvalue weighted by Gasteiger charge is 2.56. The van der Waals surface area contributed by atoms with Crippen LogP contribution in [0.3, 0.4) is 0 Å². The number of nitrogens with one attached hydrogen (secondary N) is 1. The molecule has 0 aliphatic heterocycles. The van der Waals surface area contributed by atoms with Crippen LogP contribution in [-0.4, -0.2) is 18.0 Å². The number of hydrogen-bond donors (Lipinski definition) is 1. The summed E-state index contributed by atoms with van der Waals surface area (Å²) in [5.41, 5.74) is 2.47. The summed E-state index contributed by atoms with van der Waals surface area (Å²) in [7, 11) is 1.55. The minimum absolute atomic E-state index is 0.0163. The molecule has 1 heterocycles. The van der Waals surface area contributed by atoms with Crippen molar-refractivity contribution in [3.05, 3.63) is 52.8 Å². The number of amides is 1. The van der Waals surface area contributed by atoms with E-state index in [9.17, 15) is 4.79 Å². The molecule has 0 unspecified atom stereocenters. The molecule has 0 atom stereocenters. The van der Waals surface area contributed by atoms with E-state index in [-0.39, 0.29) is 11.3 Å². The van der Waals surface area contributed by atoms with E-state index in [2.05, 4.69) is 50.1 Å². The fourth-order valence-corrected chi connectivity index (χ4v) is 4.56. The lowest BCUT2D eigenvalue weighted by molar-refractivity contribution is -0.129. The number of anilines is 1. The molecule has 1 aliphatic carbocycles. The molecule has 5 heteroatoms. The van der Waals surface area contributed by atoms with Gasteiger partial charge in [0.2, 0.25) is 5.91 Å². The minimum Gasteiger partial charge on any atom is -0.494 e. The summed E-state index contributed by atoms with van der Waals surface area (Å²) in [6, 6.07) is 9.90. The molecule has 27 heavy (non-hydrogen) atoms. The first-order valence-corrected chi connectivity index (χ1v) is 9.67. The average molecular weight is 387 g/mol. The third-order valence-corrected chi connectivity index (χ3v) is 5.60. The third-order valence-electron chi connectivity index (χ3n) is 5.39. The van der Waals surface area contributed by atoms with Gasteiger partial charge in [-0.25, -0.2) is 4.98 Å². The highest BCUT2D eigenvalue weighted by molar-refractivity contribution is 6.29. The van der Waals surface area contributed by atoms with E-state index in [1.807, 2.05) is 12.1 Å². The van der Waals surface area contributed by atoms with E-state index in [0.717, 1.165) is 18.4 Å². The van der Waals surface area contributed by atoms with E-state index in [1.54, 1.807) is 19.4 Å². The van der Waals surface area contributed by atoms with Crippen LogP contribution in [0.15, 0.2) is 36.5 Å². The van der Waals surface area contributed by atoms with Crippen LogP contribution in [0.4, 0.5) is 5.69 Å². The molecule has 4 nitrogen and oxygen atoms in total. The largest absolute Gasteiger partial charge is 0.494 e. The molecule has 1 aliphatic rings. The quantitative estimate of drug-likeness (QED) is 0.684. The highest BCUT2D eigenvalue weighted by Crippen LogP contribution is 2.57. The molecule has 0 saturated heterocycles. The number of rotatable bonds is 5. The van der Waals surface area contributed by atoms with Crippen LogP contribution in [0.5, 0.6) is 5.75 Å². The summed E-state index contributed by atoms with van der Waals surface area (Å²) in [6.45, 7) is 8.75. The van der Waals surface area contributed by atoms with Gasteiger partial charge in [-0.3, -0.25) is 4.79 Å². The number of methoxy groups -OCH3 is 1. The van der Waals surface area contributed by atoms with E-state index in [1.165, 1.54) is 5.56 Å². The SMILES string of the molecule is COc1cc(Cl)ncc1NC(=O)C1(c2ccccc2C(C)C)CC(C)(C)C1. The molecule has 2 aromatic rings. The Morgan fingerprint density at radius 2 is 1.93 bits per heavy atom. The Bertz CT molecular complexity index is 853. The van der Waals surface area contributed by atoms with Crippen molar-refractivity contribution in [1.29, 1.82) is 0 Å². The predicted molar refractivity (Wildman–Crippen MR) is 110 cm³/mol. The lowest BCUT2D eigenvalue weighted by Crippen LogP contribution is -2.54. The molecule has 1 amide bonds. The van der Waals surface area contributed by atoms with Gasteiger partial charge in [-0.05, 0) is 35.3 Å². The standard InChI is InChI=1S/C22H27ClN2O2/c1-14(2)15-8-6-7-9-16(15)22(12-21(3,4)13-22)20(26)25-17-11-24-19(23)10-18(17)27-5/h6-11,14H,12-13H2,1-5H3,(H,25,26). The van der Waals surface area contributed by atoms with Gasteiger partial charge in [0, 0.05) is 6.07 Å². The van der Waals surface area contributed by atoms with Gasteiger partial charge in [-0.1, -0.05) is 63.6 Å². The van der Waals surface area contributed by atoms with Gasteiger partial charge in [0.15, 0.2) is 0 Å². The molecule has 1 aromatic heterocycles. The van der Waals surface area contributed by atoms with Crippen molar-refractivity contribution < 1.29 is 9.53 Å². The predicted octanol–water partition coefficient (Wildman–Crippen LogP) is 5.56. The minimum atomic E-state index is -0.547. The zero-order valence-corrected chi connectivity index (χ0v) is 17.4. The van der Waals surface area contributed by atoms with Gasteiger partial charge in [-0.2, -0.15) is 0 Å². The second-order valence-electron chi connectivity index (χ2n) is 8.50. The maximum atomic E-state index is 13.5. The maximum absolute atomic E-state index is 13.5. The molecule has 1 aromatic carbocycles. The molecule has 0 bridgehead atoms. The van der Waals surface area contributed by atoms with Crippen LogP contribution in [0.1, 0.15) is 57.6 Å². The number of ether oxygens (including phenoxy) is 1. The molecular weight excluding hydrogens is 360 g/mol. The zero-order chi connectivity index (χ0) is 19.8. The molecular formula is C22H27ClN2O2. The first-order valence-electron chi connectivity index (χ1n) is 9.29. The van der Waals surface area contributed by atoms with Crippen LogP contribution in [0.2, 0.25) is 5.15 Å². The van der Waals surface area contributed by atoms with Crippen molar-refractivity contribution in [3.8, 4) is 5.75 Å². The van der Waals surface area contributed by atoms with Crippen LogP contribution in [0.25, 0.3) is 0 Å². The molecule has 3 rings (SSSR count). The van der Waals surface area contributed by atoms with Crippen molar-refractivity contribution in [1.82, 2.24) is 4.98 Å². The first-order chi connectivity index (χ1) is 12.7. The fraction of sp³-hybridized carbons (Fsp3) is 0.455. The number of nitrogens with zero attached hydrogens (tertiary/aromatic N) is 1. The van der Waals surface area contributed by atoms with Gasteiger partial charge in [0.25, 0.3) is 0 Å². The van der Waals surface area contributed by atoms with E-state index in [0.29, 0.717) is 22.5 Å². The van der Waals surface area contributed by atoms with E-state index in [4.69, 9.17) is 16.3 Å². The van der Waals surface area contributed by atoms with E-state index < -0.39 is 5.41 Å². The Morgan fingerprint density at radius 3 is 2.52 bits per heavy atom. The summed E-state index contributed by atoms with van der Waals surface area (Å²) in [5.74, 6) is 0.841. The summed E-state index contributed by atoms with van der Waals surface area (Å²) in [5, 5.41) is 3.38. The van der Waals surface area contributed by atoms with Crippen LogP contribution in [0, 0.1) is 5.41 Å². The zero-order valence-electron chi connectivity index (χ0n) is 16.6. The molecule has 1 N–H and O–H groups in total. The number of pyridine rings is 1. The second-order valence-corrected chi connectivity index (χ2v) is 8.89. The van der Waals surface area contributed by atoms with Crippen molar-refractivity contribution in [2.75, 3.05) is 12.4 Å². The van der Waals surface area contributed by atoms with Gasteiger partial charge < -0.3 is 10.1 Å². The van der Waals surface area contributed by atoms with Gasteiger partial charge in [-0.15, -0.1) is 0 Å². The van der Waals surface area contributed by atoms with Crippen LogP contribution in [-0.2, 0) is 10.2 Å². The highest BCUT2D eigenvalue weighted by atomic mass is 35.5. The summed E-state index contributed by atoms with van der Waals surface area (Å²) >= 11 is 5.95. The molecule has 0 radical (unpaired) electrons. The number of aromatic nitrogens is 1. The number of halogens is 1. The fourth-order valence-electron chi connectivity index (χ4n) is 4.41. The van der Waals surface area contributed by atoms with E-state index >= 15 is 0 Å². The second kappa shape index (κ2) is 7.16. The van der Waals surface area contributed by atoms with Crippen LogP contribution < -0.4 is 10.1 Å². The molecule has 1 fully saturated rings. The molecule has 1 saturated carbocycles. The Balaban J connectivity index is 2.01. The van der Waals surface area contributed by atoms with Crippen molar-refractivity contribution in [2.24, 2.45) is 5.41 Å². The molecule has 0 spiro atoms. The number of hydrogen-bond acceptors (Lipinski definition) is 3. The normalized spacial score (nSPS) is 17.3. The Kier molecular flexibility index (Phi) is 5.22. The summed E-state index contributed by atoms with van der Waals surface area (Å²) in [6.07, 6.45) is 3.16. The molecule has 144 valence electrons. The van der Waals surface area contributed by atoms with Crippen molar-refractivity contribution in [3.63, 3.8) is 0 Å². The average Bonchev–Trinajstić information content (AvgIpc) is 2.60.